The summed E-state index contributed by atoms with van der Waals surface area (Å²) in [6.45, 7) is 2.90. The van der Waals surface area contributed by atoms with Gasteiger partial charge in [0.05, 0.1) is 11.1 Å². The normalized spacial score (nSPS) is 19.4. The molecule has 0 aromatic heterocycles. The molecule has 4 N–H and O–H groups in total. The summed E-state index contributed by atoms with van der Waals surface area (Å²) in [6.07, 6.45) is 0.237. The lowest BCUT2D eigenvalue weighted by atomic mass is 10.0. The van der Waals surface area contributed by atoms with Crippen LogP contribution in [0, 0.1) is 0 Å². The van der Waals surface area contributed by atoms with Gasteiger partial charge in [0.25, 0.3) is 11.8 Å². The molecule has 8 heteroatoms. The zero-order valence-electron chi connectivity index (χ0n) is 17.2. The van der Waals surface area contributed by atoms with Gasteiger partial charge >= 0.3 is 0 Å². The second kappa shape index (κ2) is 8.41. The van der Waals surface area contributed by atoms with Crippen molar-refractivity contribution in [2.45, 2.75) is 44.9 Å². The van der Waals surface area contributed by atoms with Gasteiger partial charge in [0.1, 0.15) is 6.04 Å². The van der Waals surface area contributed by atoms with Gasteiger partial charge in [-0.3, -0.25) is 29.4 Å². The molecule has 0 bridgehead atoms. The Bertz CT molecular complexity index is 1060. The molecule has 1 fully saturated rings. The third-order valence-corrected chi connectivity index (χ3v) is 5.70. The second-order valence-corrected chi connectivity index (χ2v) is 7.92. The number of hydrogen-bond acceptors (Lipinski definition) is 6. The van der Waals surface area contributed by atoms with Crippen molar-refractivity contribution in [1.82, 2.24) is 15.5 Å². The van der Waals surface area contributed by atoms with E-state index in [2.05, 4.69) is 10.6 Å². The van der Waals surface area contributed by atoms with Crippen LogP contribution in [0.3, 0.4) is 0 Å². The SMILES string of the molecule is C[C@@H](N)c1ccc(CNCc2cccc3c2C(=O)N(C2CCC(=O)NC2=O)C3=O)cc1. The molecule has 2 atom stereocenters. The quantitative estimate of drug-likeness (QED) is 0.608. The molecule has 0 saturated carbocycles. The predicted molar refractivity (Wildman–Crippen MR) is 113 cm³/mol. The Morgan fingerprint density at radius 1 is 1.06 bits per heavy atom. The van der Waals surface area contributed by atoms with E-state index in [4.69, 9.17) is 5.73 Å². The Morgan fingerprint density at radius 2 is 1.81 bits per heavy atom. The van der Waals surface area contributed by atoms with E-state index in [1.165, 1.54) is 0 Å². The molecular formula is C23H24N4O4. The molecule has 2 heterocycles. The average molecular weight is 420 g/mol. The van der Waals surface area contributed by atoms with E-state index in [9.17, 15) is 19.2 Å². The van der Waals surface area contributed by atoms with Crippen molar-refractivity contribution >= 4 is 23.6 Å². The number of nitrogens with zero attached hydrogens (tertiary/aromatic N) is 1. The number of nitrogens with one attached hydrogen (secondary N) is 2. The minimum atomic E-state index is -0.964. The molecule has 160 valence electrons. The fourth-order valence-electron chi connectivity index (χ4n) is 4.01. The molecule has 8 nitrogen and oxygen atoms in total. The smallest absolute Gasteiger partial charge is 0.262 e. The summed E-state index contributed by atoms with van der Waals surface area (Å²) in [7, 11) is 0. The molecule has 1 unspecified atom stereocenters. The van der Waals surface area contributed by atoms with Crippen molar-refractivity contribution in [3.8, 4) is 0 Å². The number of amides is 4. The van der Waals surface area contributed by atoms with Crippen molar-refractivity contribution in [2.75, 3.05) is 0 Å². The number of rotatable bonds is 6. The highest BCUT2D eigenvalue weighted by Crippen LogP contribution is 2.30. The summed E-state index contributed by atoms with van der Waals surface area (Å²) in [5.41, 5.74) is 9.30. The summed E-state index contributed by atoms with van der Waals surface area (Å²) in [5.74, 6) is -1.99. The largest absolute Gasteiger partial charge is 0.324 e. The molecule has 2 aromatic carbocycles. The van der Waals surface area contributed by atoms with E-state index >= 15 is 0 Å². The first-order chi connectivity index (χ1) is 14.9. The highest BCUT2D eigenvalue weighted by Gasteiger charge is 2.45. The minimum Gasteiger partial charge on any atom is -0.324 e. The molecule has 1 saturated heterocycles. The number of carbonyl (C=O) groups is 4. The number of imide groups is 2. The molecule has 0 radical (unpaired) electrons. The van der Waals surface area contributed by atoms with Gasteiger partial charge in [0.15, 0.2) is 0 Å². The van der Waals surface area contributed by atoms with Crippen LogP contribution in [0.5, 0.6) is 0 Å². The van der Waals surface area contributed by atoms with Crippen molar-refractivity contribution < 1.29 is 19.2 Å². The fourth-order valence-corrected chi connectivity index (χ4v) is 4.01. The number of fused-ring (bicyclic) bond motifs is 1. The van der Waals surface area contributed by atoms with Crippen LogP contribution in [0.15, 0.2) is 42.5 Å². The fraction of sp³-hybridized carbons (Fsp3) is 0.304. The maximum atomic E-state index is 13.1. The van der Waals surface area contributed by atoms with Gasteiger partial charge in [0.2, 0.25) is 11.8 Å². The Balaban J connectivity index is 1.48. The van der Waals surface area contributed by atoms with Crippen LogP contribution in [0.25, 0.3) is 0 Å². The van der Waals surface area contributed by atoms with Gasteiger partial charge in [-0.25, -0.2) is 0 Å². The first kappa shape index (κ1) is 20.9. The van der Waals surface area contributed by atoms with E-state index in [0.29, 0.717) is 24.2 Å². The van der Waals surface area contributed by atoms with Gasteiger partial charge in [-0.2, -0.15) is 0 Å². The zero-order chi connectivity index (χ0) is 22.1. The van der Waals surface area contributed by atoms with Gasteiger partial charge in [-0.15, -0.1) is 0 Å². The van der Waals surface area contributed by atoms with Crippen LogP contribution in [-0.4, -0.2) is 34.6 Å². The number of carbonyl (C=O) groups excluding carboxylic acids is 4. The number of piperidine rings is 1. The molecule has 0 spiro atoms. The van der Waals surface area contributed by atoms with E-state index in [1.54, 1.807) is 18.2 Å². The van der Waals surface area contributed by atoms with Gasteiger partial charge in [-0.1, -0.05) is 36.4 Å². The van der Waals surface area contributed by atoms with Gasteiger partial charge < -0.3 is 11.1 Å². The number of hydrogen-bond donors (Lipinski definition) is 3. The van der Waals surface area contributed by atoms with Crippen molar-refractivity contribution in [2.24, 2.45) is 5.73 Å². The summed E-state index contributed by atoms with van der Waals surface area (Å²) in [5, 5.41) is 5.51. The molecular weight excluding hydrogens is 396 g/mol. The Kier molecular flexibility index (Phi) is 5.67. The van der Waals surface area contributed by atoms with Crippen LogP contribution >= 0.6 is 0 Å². The maximum absolute atomic E-state index is 13.1. The topological polar surface area (TPSA) is 122 Å². The Morgan fingerprint density at radius 3 is 2.48 bits per heavy atom. The third kappa shape index (κ3) is 3.99. The van der Waals surface area contributed by atoms with E-state index < -0.39 is 29.7 Å². The molecule has 4 rings (SSSR count). The summed E-state index contributed by atoms with van der Waals surface area (Å²) >= 11 is 0. The molecule has 2 aliphatic rings. The lowest BCUT2D eigenvalue weighted by molar-refractivity contribution is -0.136. The predicted octanol–water partition coefficient (Wildman–Crippen LogP) is 1.40. The molecule has 31 heavy (non-hydrogen) atoms. The van der Waals surface area contributed by atoms with Gasteiger partial charge in [0, 0.05) is 25.6 Å². The van der Waals surface area contributed by atoms with Crippen LogP contribution in [0.2, 0.25) is 0 Å². The van der Waals surface area contributed by atoms with E-state index in [-0.39, 0.29) is 24.4 Å². The third-order valence-electron chi connectivity index (χ3n) is 5.70. The van der Waals surface area contributed by atoms with Crippen LogP contribution < -0.4 is 16.4 Å². The molecule has 2 aliphatic heterocycles. The van der Waals surface area contributed by atoms with Crippen LogP contribution in [0.1, 0.15) is 63.2 Å². The minimum absolute atomic E-state index is 0.0234. The van der Waals surface area contributed by atoms with Gasteiger partial charge in [-0.05, 0) is 36.1 Å². The molecule has 2 aromatic rings. The first-order valence-electron chi connectivity index (χ1n) is 10.3. The lowest BCUT2D eigenvalue weighted by Gasteiger charge is -2.27. The summed E-state index contributed by atoms with van der Waals surface area (Å²) in [4.78, 5) is 50.6. The van der Waals surface area contributed by atoms with Crippen molar-refractivity contribution in [1.29, 1.82) is 0 Å². The van der Waals surface area contributed by atoms with Crippen LogP contribution in [-0.2, 0) is 22.7 Å². The summed E-state index contributed by atoms with van der Waals surface area (Å²) in [6, 6.07) is 12.1. The van der Waals surface area contributed by atoms with E-state index in [1.807, 2.05) is 31.2 Å². The standard InChI is InChI=1S/C23H24N4O4/c1-13(24)15-7-5-14(6-8-15)11-25-12-16-3-2-4-17-20(16)23(31)27(22(17)30)18-9-10-19(28)26-21(18)29/h2-8,13,18,25H,9-12,24H2,1H3,(H,26,28,29)/t13-,18?/m1/s1. The highest BCUT2D eigenvalue weighted by atomic mass is 16.2. The molecule has 4 amide bonds. The van der Waals surface area contributed by atoms with E-state index in [0.717, 1.165) is 16.0 Å². The lowest BCUT2D eigenvalue weighted by Crippen LogP contribution is -2.54. The highest BCUT2D eigenvalue weighted by molar-refractivity contribution is 6.24. The summed E-state index contributed by atoms with van der Waals surface area (Å²) < 4.78 is 0. The zero-order valence-corrected chi connectivity index (χ0v) is 17.2. The second-order valence-electron chi connectivity index (χ2n) is 7.92. The Hall–Kier alpha value is -3.36. The average Bonchev–Trinajstić information content (AvgIpc) is 3.00. The van der Waals surface area contributed by atoms with Crippen LogP contribution in [0.4, 0.5) is 0 Å². The number of benzene rings is 2. The first-order valence-corrected chi connectivity index (χ1v) is 10.3. The van der Waals surface area contributed by atoms with Crippen molar-refractivity contribution in [3.05, 3.63) is 70.3 Å². The maximum Gasteiger partial charge on any atom is 0.262 e. The monoisotopic (exact) mass is 420 g/mol. The van der Waals surface area contributed by atoms with Crippen molar-refractivity contribution in [3.63, 3.8) is 0 Å². The Labute approximate surface area is 179 Å². The number of nitrogens with two attached hydrogens (primary N) is 1. The molecule has 0 aliphatic carbocycles.